The normalized spacial score (nSPS) is 26.7. The fourth-order valence-corrected chi connectivity index (χ4v) is 6.98. The van der Waals surface area contributed by atoms with E-state index in [1.54, 1.807) is 31.1 Å². The van der Waals surface area contributed by atoms with Gasteiger partial charge >= 0.3 is 6.03 Å². The number of hydrogen-bond donors (Lipinski definition) is 0. The van der Waals surface area contributed by atoms with Gasteiger partial charge in [0.2, 0.25) is 0 Å². The summed E-state index contributed by atoms with van der Waals surface area (Å²) in [5.74, 6) is 1.03. The molecule has 0 saturated carbocycles. The van der Waals surface area contributed by atoms with E-state index >= 15 is 0 Å². The van der Waals surface area contributed by atoms with Crippen LogP contribution in [-0.2, 0) is 19.1 Å². The molecule has 0 N–H and O–H groups in total. The van der Waals surface area contributed by atoms with Crippen molar-refractivity contribution in [1.82, 2.24) is 14.7 Å². The summed E-state index contributed by atoms with van der Waals surface area (Å²) >= 11 is 0. The predicted octanol–water partition coefficient (Wildman–Crippen LogP) is 3.99. The number of fused-ring (bicyclic) bond motifs is 1. The monoisotopic (exact) mass is 590 g/mol. The van der Waals surface area contributed by atoms with Gasteiger partial charge in [0.05, 0.1) is 7.11 Å². The number of amides is 3. The maximum atomic E-state index is 13.6. The number of aliphatic imine (C=N–C) groups is 1. The van der Waals surface area contributed by atoms with Crippen molar-refractivity contribution >= 4 is 29.5 Å². The summed E-state index contributed by atoms with van der Waals surface area (Å²) in [7, 11) is 6.24. The molecule has 1 aromatic carbocycles. The van der Waals surface area contributed by atoms with Crippen LogP contribution in [0.25, 0.3) is 0 Å². The number of ketones is 2. The van der Waals surface area contributed by atoms with E-state index in [0.717, 1.165) is 10.5 Å². The summed E-state index contributed by atoms with van der Waals surface area (Å²) < 4.78 is 18.3. The molecule has 1 aromatic rings. The highest BCUT2D eigenvalue weighted by molar-refractivity contribution is 6.06. The number of urea groups is 1. The Bertz CT molecular complexity index is 1520. The number of ether oxygens (including phenoxy) is 3. The molecule has 1 saturated heterocycles. The Balaban J connectivity index is 1.39. The maximum absolute atomic E-state index is 13.6. The maximum Gasteiger partial charge on any atom is 0.328 e. The lowest BCUT2D eigenvalue weighted by molar-refractivity contribution is -0.135. The Morgan fingerprint density at radius 2 is 1.42 bits per heavy atom. The van der Waals surface area contributed by atoms with Crippen molar-refractivity contribution < 1.29 is 33.4 Å². The number of likely N-dealkylation sites (N-methyl/N-ethyl adjacent to an activating group) is 3. The Labute approximate surface area is 251 Å². The highest BCUT2D eigenvalue weighted by atomic mass is 16.5. The van der Waals surface area contributed by atoms with Gasteiger partial charge in [-0.05, 0) is 28.5 Å². The van der Waals surface area contributed by atoms with Crippen molar-refractivity contribution in [3.05, 3.63) is 46.4 Å². The molecule has 0 unspecified atom stereocenters. The van der Waals surface area contributed by atoms with Crippen molar-refractivity contribution in [3.63, 3.8) is 0 Å². The summed E-state index contributed by atoms with van der Waals surface area (Å²) in [5, 5.41) is 0. The summed E-state index contributed by atoms with van der Waals surface area (Å²) in [6.45, 7) is 8.22. The Hall–Kier alpha value is -4.15. The molecule has 1 fully saturated rings. The van der Waals surface area contributed by atoms with Gasteiger partial charge in [0, 0.05) is 63.9 Å². The number of methoxy groups -OCH3 is 1. The van der Waals surface area contributed by atoms with Gasteiger partial charge in [0.25, 0.3) is 11.9 Å². The molecule has 0 spiro atoms. The number of amidine groups is 1. The molecule has 6 rings (SSSR count). The predicted molar refractivity (Wildman–Crippen MR) is 156 cm³/mol. The third kappa shape index (κ3) is 4.60. The summed E-state index contributed by atoms with van der Waals surface area (Å²) in [6.07, 6.45) is 1.22. The summed E-state index contributed by atoms with van der Waals surface area (Å²) in [5.41, 5.74) is 1.32. The lowest BCUT2D eigenvalue weighted by atomic mass is 9.65. The van der Waals surface area contributed by atoms with E-state index < -0.39 is 24.2 Å². The first-order valence-corrected chi connectivity index (χ1v) is 14.5. The molecular formula is C32H38N4O7. The van der Waals surface area contributed by atoms with Crippen LogP contribution in [0.2, 0.25) is 0 Å². The smallest absolute Gasteiger partial charge is 0.328 e. The molecule has 0 radical (unpaired) electrons. The minimum atomic E-state index is -0.720. The van der Waals surface area contributed by atoms with Gasteiger partial charge in [0.15, 0.2) is 35.3 Å². The Morgan fingerprint density at radius 1 is 0.837 bits per heavy atom. The molecule has 11 nitrogen and oxygen atoms in total. The van der Waals surface area contributed by atoms with E-state index in [-0.39, 0.29) is 34.3 Å². The Kier molecular flexibility index (Phi) is 6.52. The van der Waals surface area contributed by atoms with Gasteiger partial charge in [-0.15, -0.1) is 0 Å². The quantitative estimate of drug-likeness (QED) is 0.519. The molecule has 2 atom stereocenters. The average Bonchev–Trinajstić information content (AvgIpc) is 3.24. The molecule has 3 aliphatic heterocycles. The summed E-state index contributed by atoms with van der Waals surface area (Å²) in [4.78, 5) is 61.3. The fraction of sp³-hybridized carbons (Fsp3) is 0.531. The molecule has 0 bridgehead atoms. The van der Waals surface area contributed by atoms with Crippen LogP contribution in [0.1, 0.15) is 64.9 Å². The van der Waals surface area contributed by atoms with E-state index in [1.165, 1.54) is 19.1 Å². The number of allylic oxidation sites excluding steroid dienone is 4. The van der Waals surface area contributed by atoms with Crippen molar-refractivity contribution in [3.8, 4) is 11.5 Å². The molecule has 5 aliphatic rings. The molecule has 43 heavy (non-hydrogen) atoms. The number of carbonyl (C=O) groups is 4. The number of hydrogen-bond acceptors (Lipinski definition) is 9. The first-order chi connectivity index (χ1) is 20.1. The second-order valence-electron chi connectivity index (χ2n) is 13.8. The third-order valence-electron chi connectivity index (χ3n) is 9.12. The minimum Gasteiger partial charge on any atom is -0.493 e. The van der Waals surface area contributed by atoms with Gasteiger partial charge < -0.3 is 24.0 Å². The third-order valence-corrected chi connectivity index (χ3v) is 9.12. The number of Topliss-reactive ketones (excluding diaryl/α,β-unsaturated/α-hetero) is 2. The van der Waals surface area contributed by atoms with Crippen LogP contribution in [-0.4, -0.2) is 84.7 Å². The number of carbonyl (C=O) groups excluding carboxylic acids is 4. The first-order valence-electron chi connectivity index (χ1n) is 14.5. The highest BCUT2D eigenvalue weighted by Gasteiger charge is 2.51. The van der Waals surface area contributed by atoms with Gasteiger partial charge in [-0.3, -0.25) is 19.3 Å². The van der Waals surface area contributed by atoms with Gasteiger partial charge in [-0.1, -0.05) is 33.8 Å². The molecule has 2 aliphatic carbocycles. The SMILES string of the molecule is COc1cc(C2C3=C(CC(C)(C)CC3=O)OC3=C2C(=O)CC(C)(C)C3)ccc1OC1=N[C@H]2[C@@H](C(=O)N(C)C(=O)N2C)N1C. The van der Waals surface area contributed by atoms with Crippen LogP contribution in [0.15, 0.2) is 45.9 Å². The van der Waals surface area contributed by atoms with Crippen LogP contribution in [0.3, 0.4) is 0 Å². The second kappa shape index (κ2) is 9.68. The molecule has 228 valence electrons. The van der Waals surface area contributed by atoms with E-state index in [2.05, 4.69) is 32.7 Å². The van der Waals surface area contributed by atoms with Crippen LogP contribution in [0.5, 0.6) is 11.5 Å². The van der Waals surface area contributed by atoms with Gasteiger partial charge in [0.1, 0.15) is 11.5 Å². The average molecular weight is 591 g/mol. The van der Waals surface area contributed by atoms with Crippen molar-refractivity contribution in [2.45, 2.75) is 71.5 Å². The fourth-order valence-electron chi connectivity index (χ4n) is 6.98. The van der Waals surface area contributed by atoms with Crippen LogP contribution < -0.4 is 9.47 Å². The van der Waals surface area contributed by atoms with E-state index in [4.69, 9.17) is 14.2 Å². The molecular weight excluding hydrogens is 552 g/mol. The highest BCUT2D eigenvalue weighted by Crippen LogP contribution is 2.53. The minimum absolute atomic E-state index is 0.0161. The van der Waals surface area contributed by atoms with Crippen molar-refractivity contribution in [1.29, 1.82) is 0 Å². The largest absolute Gasteiger partial charge is 0.493 e. The zero-order valence-electron chi connectivity index (χ0n) is 25.9. The second-order valence-corrected chi connectivity index (χ2v) is 13.8. The number of benzene rings is 1. The summed E-state index contributed by atoms with van der Waals surface area (Å²) in [6, 6.07) is 4.36. The van der Waals surface area contributed by atoms with Crippen LogP contribution in [0.4, 0.5) is 4.79 Å². The zero-order valence-corrected chi connectivity index (χ0v) is 25.9. The van der Waals surface area contributed by atoms with Gasteiger partial charge in [-0.25, -0.2) is 9.79 Å². The molecule has 3 heterocycles. The molecule has 3 amide bonds. The first kappa shape index (κ1) is 28.9. The van der Waals surface area contributed by atoms with Crippen LogP contribution in [0, 0.1) is 10.8 Å². The van der Waals surface area contributed by atoms with Crippen LogP contribution >= 0.6 is 0 Å². The number of imide groups is 1. The lowest BCUT2D eigenvalue weighted by Gasteiger charge is -2.42. The van der Waals surface area contributed by atoms with E-state index in [9.17, 15) is 19.2 Å². The van der Waals surface area contributed by atoms with Crippen molar-refractivity contribution in [2.24, 2.45) is 15.8 Å². The van der Waals surface area contributed by atoms with Gasteiger partial charge in [-0.2, -0.15) is 0 Å². The molecule has 0 aromatic heterocycles. The Morgan fingerprint density at radius 3 is 1.98 bits per heavy atom. The molecule has 11 heteroatoms. The number of nitrogens with zero attached hydrogens (tertiary/aromatic N) is 4. The van der Waals surface area contributed by atoms with E-state index in [1.807, 2.05) is 6.07 Å². The lowest BCUT2D eigenvalue weighted by Crippen LogP contribution is -2.63. The van der Waals surface area contributed by atoms with E-state index in [0.29, 0.717) is 59.8 Å². The zero-order chi connectivity index (χ0) is 31.2. The van der Waals surface area contributed by atoms with Crippen molar-refractivity contribution in [2.75, 3.05) is 28.3 Å². The standard InChI is InChI=1S/C32H38N4O7/c1-31(2)12-17(37)24-21(14-31)42-22-15-32(3,4)13-18(38)25(22)23(24)16-9-10-19(20(11-16)41-8)43-29-33-27-26(34(29)5)28(39)36(7)30(40)35(27)6/h9-11,23,26-27H,12-15H2,1-8H3/t26-,27+/m0/s1. The topological polar surface area (TPSA) is 118 Å². The number of rotatable bonds is 3.